The van der Waals surface area contributed by atoms with Gasteiger partial charge in [0.2, 0.25) is 11.0 Å². The summed E-state index contributed by atoms with van der Waals surface area (Å²) in [5.41, 5.74) is 1.51. The van der Waals surface area contributed by atoms with Gasteiger partial charge in [0.1, 0.15) is 0 Å². The average molecular weight is 512 g/mol. The number of halogens is 2. The van der Waals surface area contributed by atoms with Gasteiger partial charge in [0.25, 0.3) is 5.91 Å². The van der Waals surface area contributed by atoms with Crippen LogP contribution in [0, 0.1) is 0 Å². The summed E-state index contributed by atoms with van der Waals surface area (Å²) in [6.45, 7) is 0.578. The fourth-order valence-electron chi connectivity index (χ4n) is 2.32. The molecule has 0 bridgehead atoms. The molecule has 6 nitrogen and oxygen atoms in total. The Balaban J connectivity index is 1.44. The van der Waals surface area contributed by atoms with Gasteiger partial charge in [-0.25, -0.2) is 0 Å². The van der Waals surface area contributed by atoms with E-state index >= 15 is 0 Å². The molecule has 0 aliphatic rings. The molecule has 0 atom stereocenters. The van der Waals surface area contributed by atoms with Crippen molar-refractivity contribution < 1.29 is 9.59 Å². The molecule has 3 aromatic rings. The van der Waals surface area contributed by atoms with Crippen molar-refractivity contribution in [1.29, 1.82) is 0 Å². The van der Waals surface area contributed by atoms with E-state index in [-0.39, 0.29) is 17.6 Å². The van der Waals surface area contributed by atoms with Gasteiger partial charge in [0.05, 0.1) is 16.3 Å². The average Bonchev–Trinajstić information content (AvgIpc) is 3.16. The van der Waals surface area contributed by atoms with Crippen LogP contribution in [-0.4, -0.2) is 34.3 Å². The lowest BCUT2D eigenvalue weighted by Gasteiger charge is -2.04. The molecule has 1 aromatic heterocycles. The summed E-state index contributed by atoms with van der Waals surface area (Å²) in [5, 5.41) is 14.2. The van der Waals surface area contributed by atoms with Crippen LogP contribution in [0.15, 0.2) is 57.3 Å². The van der Waals surface area contributed by atoms with Crippen molar-refractivity contribution >= 4 is 67.6 Å². The van der Waals surface area contributed by atoms with Crippen molar-refractivity contribution in [2.24, 2.45) is 0 Å². The SMILES string of the molecule is O=C(CSc1nnc(NC(=O)c2cc(Br)ccc2Cl)s1)NCCc1ccccc1. The standard InChI is InChI=1S/C19H16BrClN4O2S2/c20-13-6-7-15(21)14(10-13)17(27)23-18-24-25-19(29-18)28-11-16(26)22-9-8-12-4-2-1-3-5-12/h1-7,10H,8-9,11H2,(H,22,26)(H,23,24,27). The molecule has 0 fully saturated rings. The second-order valence-corrected chi connectivity index (χ2v) is 9.35. The molecule has 2 N–H and O–H groups in total. The Labute approximate surface area is 189 Å². The van der Waals surface area contributed by atoms with E-state index in [2.05, 4.69) is 36.8 Å². The van der Waals surface area contributed by atoms with E-state index in [1.807, 2.05) is 30.3 Å². The second kappa shape index (κ2) is 10.7. The summed E-state index contributed by atoms with van der Waals surface area (Å²) in [6, 6.07) is 15.0. The van der Waals surface area contributed by atoms with Gasteiger partial charge in [-0.1, -0.05) is 81.0 Å². The normalized spacial score (nSPS) is 10.6. The van der Waals surface area contributed by atoms with Crippen molar-refractivity contribution in [1.82, 2.24) is 15.5 Å². The highest BCUT2D eigenvalue weighted by molar-refractivity contribution is 9.10. The predicted octanol–water partition coefficient (Wildman–Crippen LogP) is 4.66. The Morgan fingerprint density at radius 3 is 2.72 bits per heavy atom. The molecular weight excluding hydrogens is 496 g/mol. The van der Waals surface area contributed by atoms with Crippen LogP contribution in [0.4, 0.5) is 5.13 Å². The Hall–Kier alpha value is -1.94. The monoisotopic (exact) mass is 510 g/mol. The zero-order valence-electron chi connectivity index (χ0n) is 15.0. The van der Waals surface area contributed by atoms with Crippen LogP contribution in [0.3, 0.4) is 0 Å². The highest BCUT2D eigenvalue weighted by Gasteiger charge is 2.14. The molecule has 0 spiro atoms. The van der Waals surface area contributed by atoms with Gasteiger partial charge in [-0.05, 0) is 30.2 Å². The zero-order chi connectivity index (χ0) is 20.6. The van der Waals surface area contributed by atoms with Gasteiger partial charge in [-0.3, -0.25) is 14.9 Å². The lowest BCUT2D eigenvalue weighted by atomic mass is 10.1. The number of benzene rings is 2. The van der Waals surface area contributed by atoms with Gasteiger partial charge in [-0.2, -0.15) is 0 Å². The van der Waals surface area contributed by atoms with Crippen LogP contribution in [0.5, 0.6) is 0 Å². The Kier molecular flexibility index (Phi) is 8.05. The van der Waals surface area contributed by atoms with Crippen LogP contribution in [0.1, 0.15) is 15.9 Å². The van der Waals surface area contributed by atoms with Gasteiger partial charge < -0.3 is 5.32 Å². The van der Waals surface area contributed by atoms with Crippen LogP contribution in [0.25, 0.3) is 0 Å². The molecule has 0 aliphatic heterocycles. The van der Waals surface area contributed by atoms with E-state index < -0.39 is 0 Å². The summed E-state index contributed by atoms with van der Waals surface area (Å²) >= 11 is 11.9. The van der Waals surface area contributed by atoms with Crippen molar-refractivity contribution in [2.45, 2.75) is 10.8 Å². The van der Waals surface area contributed by atoms with E-state index in [1.165, 1.54) is 28.7 Å². The maximum atomic E-state index is 12.3. The Morgan fingerprint density at radius 1 is 1.14 bits per heavy atom. The number of aromatic nitrogens is 2. The van der Waals surface area contributed by atoms with Gasteiger partial charge in [-0.15, -0.1) is 10.2 Å². The topological polar surface area (TPSA) is 84.0 Å². The third-order valence-corrected chi connectivity index (χ3v) is 6.50. The zero-order valence-corrected chi connectivity index (χ0v) is 19.0. The number of amides is 2. The maximum Gasteiger partial charge on any atom is 0.259 e. The van der Waals surface area contributed by atoms with E-state index in [9.17, 15) is 9.59 Å². The molecule has 2 aromatic carbocycles. The number of hydrogen-bond donors (Lipinski definition) is 2. The van der Waals surface area contributed by atoms with Crippen LogP contribution >= 0.6 is 50.6 Å². The van der Waals surface area contributed by atoms with Crippen molar-refractivity contribution in [3.05, 3.63) is 69.2 Å². The number of hydrogen-bond acceptors (Lipinski definition) is 6. The molecule has 0 unspecified atom stereocenters. The molecule has 0 saturated carbocycles. The minimum absolute atomic E-state index is 0.0763. The van der Waals surface area contributed by atoms with Crippen molar-refractivity contribution in [3.63, 3.8) is 0 Å². The molecule has 2 amide bonds. The first-order chi connectivity index (χ1) is 14.0. The minimum Gasteiger partial charge on any atom is -0.355 e. The number of anilines is 1. The number of carbonyl (C=O) groups excluding carboxylic acids is 2. The highest BCUT2D eigenvalue weighted by atomic mass is 79.9. The molecule has 150 valence electrons. The van der Waals surface area contributed by atoms with Gasteiger partial charge >= 0.3 is 0 Å². The summed E-state index contributed by atoms with van der Waals surface area (Å²) in [5.74, 6) is -0.218. The molecule has 10 heteroatoms. The number of rotatable bonds is 8. The fourth-order valence-corrected chi connectivity index (χ4v) is 4.47. The highest BCUT2D eigenvalue weighted by Crippen LogP contribution is 2.27. The van der Waals surface area contributed by atoms with Gasteiger partial charge in [0, 0.05) is 11.0 Å². The van der Waals surface area contributed by atoms with Crippen molar-refractivity contribution in [2.75, 3.05) is 17.6 Å². The smallest absolute Gasteiger partial charge is 0.259 e. The van der Waals surface area contributed by atoms with E-state index in [4.69, 9.17) is 11.6 Å². The minimum atomic E-state index is -0.373. The predicted molar refractivity (Wildman–Crippen MR) is 121 cm³/mol. The van der Waals surface area contributed by atoms with E-state index in [0.717, 1.165) is 10.9 Å². The fraction of sp³-hybridized carbons (Fsp3) is 0.158. The maximum absolute atomic E-state index is 12.3. The second-order valence-electron chi connectivity index (χ2n) is 5.83. The lowest BCUT2D eigenvalue weighted by Crippen LogP contribution is -2.27. The first-order valence-corrected chi connectivity index (χ1v) is 11.5. The third kappa shape index (κ3) is 6.81. The Bertz CT molecular complexity index is 1000. The molecule has 0 saturated heterocycles. The summed E-state index contributed by atoms with van der Waals surface area (Å²) in [6.07, 6.45) is 0.782. The number of nitrogens with one attached hydrogen (secondary N) is 2. The molecular formula is C19H16BrClN4O2S2. The largest absolute Gasteiger partial charge is 0.355 e. The van der Waals surface area contributed by atoms with Crippen LogP contribution in [0.2, 0.25) is 5.02 Å². The lowest BCUT2D eigenvalue weighted by molar-refractivity contribution is -0.118. The molecule has 29 heavy (non-hydrogen) atoms. The van der Waals surface area contributed by atoms with Crippen LogP contribution < -0.4 is 10.6 Å². The molecule has 0 aliphatic carbocycles. The summed E-state index contributed by atoms with van der Waals surface area (Å²) in [7, 11) is 0. The summed E-state index contributed by atoms with van der Waals surface area (Å²) < 4.78 is 1.35. The van der Waals surface area contributed by atoms with Crippen molar-refractivity contribution in [3.8, 4) is 0 Å². The number of carbonyl (C=O) groups is 2. The number of thioether (sulfide) groups is 1. The third-order valence-electron chi connectivity index (χ3n) is 3.71. The summed E-state index contributed by atoms with van der Waals surface area (Å²) in [4.78, 5) is 24.3. The Morgan fingerprint density at radius 2 is 1.93 bits per heavy atom. The van der Waals surface area contributed by atoms with E-state index in [1.54, 1.807) is 18.2 Å². The quantitative estimate of drug-likeness (QED) is 0.339. The first-order valence-electron chi connectivity index (χ1n) is 8.54. The van der Waals surface area contributed by atoms with E-state index in [0.29, 0.717) is 26.6 Å². The molecule has 0 radical (unpaired) electrons. The van der Waals surface area contributed by atoms with Crippen LogP contribution in [-0.2, 0) is 11.2 Å². The molecule has 1 heterocycles. The number of nitrogens with zero attached hydrogens (tertiary/aromatic N) is 2. The van der Waals surface area contributed by atoms with Gasteiger partial charge in [0.15, 0.2) is 4.34 Å². The first kappa shape index (κ1) is 21.8. The molecule has 3 rings (SSSR count).